The molecule has 22 heavy (non-hydrogen) atoms. The van der Waals surface area contributed by atoms with Crippen LogP contribution < -0.4 is 10.6 Å². The van der Waals surface area contributed by atoms with Gasteiger partial charge in [-0.2, -0.15) is 0 Å². The van der Waals surface area contributed by atoms with Gasteiger partial charge in [-0.3, -0.25) is 0 Å². The van der Waals surface area contributed by atoms with Crippen LogP contribution in [-0.2, 0) is 6.54 Å². The molecule has 2 N–H and O–H groups in total. The van der Waals surface area contributed by atoms with Crippen LogP contribution in [0.25, 0.3) is 0 Å². The highest BCUT2D eigenvalue weighted by Gasteiger charge is 2.17. The second-order valence-electron chi connectivity index (χ2n) is 5.84. The van der Waals surface area contributed by atoms with Crippen molar-refractivity contribution in [2.75, 3.05) is 25.0 Å². The van der Waals surface area contributed by atoms with Crippen LogP contribution in [0.15, 0.2) is 18.5 Å². The van der Waals surface area contributed by atoms with Gasteiger partial charge in [0.25, 0.3) is 0 Å². The molecule has 0 saturated carbocycles. The molecule has 0 amide bonds. The van der Waals surface area contributed by atoms with Crippen LogP contribution in [0, 0.1) is 13.8 Å². The first-order valence-corrected chi connectivity index (χ1v) is 8.00. The van der Waals surface area contributed by atoms with Gasteiger partial charge in [-0.25, -0.2) is 15.0 Å². The minimum absolute atomic E-state index is 0.555. The third kappa shape index (κ3) is 3.62. The summed E-state index contributed by atoms with van der Waals surface area (Å²) in [5, 5.41) is 6.82. The van der Waals surface area contributed by atoms with Crippen LogP contribution in [0.3, 0.4) is 0 Å². The summed E-state index contributed by atoms with van der Waals surface area (Å²) >= 11 is 0. The second-order valence-corrected chi connectivity index (χ2v) is 5.84. The monoisotopic (exact) mass is 300 g/mol. The third-order valence-electron chi connectivity index (χ3n) is 4.20. The molecular weight excluding hydrogens is 276 g/mol. The molecule has 6 heteroatoms. The first kappa shape index (κ1) is 15.0. The zero-order valence-electron chi connectivity index (χ0n) is 13.3. The fraction of sp³-hybridized carbons (Fsp3) is 0.562. The van der Waals surface area contributed by atoms with Crippen LogP contribution >= 0.6 is 0 Å². The molecule has 0 atom stereocenters. The number of hydrogen-bond donors (Lipinski definition) is 2. The number of nitrogens with one attached hydrogen (secondary N) is 2. The Kier molecular flexibility index (Phi) is 4.68. The van der Waals surface area contributed by atoms with E-state index in [1.807, 2.05) is 26.2 Å². The zero-order chi connectivity index (χ0) is 15.4. The summed E-state index contributed by atoms with van der Waals surface area (Å²) < 4.78 is 2.13. The summed E-state index contributed by atoms with van der Waals surface area (Å²) in [6, 6.07) is 2.11. The molecular formula is C16H24N6. The fourth-order valence-electron chi connectivity index (χ4n) is 2.95. The van der Waals surface area contributed by atoms with E-state index >= 15 is 0 Å². The Morgan fingerprint density at radius 2 is 2.09 bits per heavy atom. The van der Waals surface area contributed by atoms with Gasteiger partial charge in [-0.05, 0) is 39.8 Å². The van der Waals surface area contributed by atoms with Gasteiger partial charge in [-0.15, -0.1) is 0 Å². The summed E-state index contributed by atoms with van der Waals surface area (Å²) in [6.45, 7) is 7.86. The van der Waals surface area contributed by atoms with E-state index < -0.39 is 0 Å². The molecule has 0 aromatic carbocycles. The van der Waals surface area contributed by atoms with Crippen molar-refractivity contribution < 1.29 is 0 Å². The van der Waals surface area contributed by atoms with Crippen molar-refractivity contribution in [3.63, 3.8) is 0 Å². The normalized spacial score (nSPS) is 15.9. The number of piperidine rings is 1. The number of rotatable bonds is 5. The minimum atomic E-state index is 0.555. The van der Waals surface area contributed by atoms with Gasteiger partial charge < -0.3 is 15.2 Å². The molecule has 2 aromatic rings. The number of hydrogen-bond acceptors (Lipinski definition) is 5. The lowest BCUT2D eigenvalue weighted by atomic mass is 9.94. The Bertz CT molecular complexity index is 615. The average molecular weight is 300 g/mol. The maximum atomic E-state index is 4.64. The van der Waals surface area contributed by atoms with Gasteiger partial charge in [0.15, 0.2) is 0 Å². The Morgan fingerprint density at radius 1 is 1.27 bits per heavy atom. The third-order valence-corrected chi connectivity index (χ3v) is 4.20. The van der Waals surface area contributed by atoms with Crippen molar-refractivity contribution >= 4 is 5.82 Å². The van der Waals surface area contributed by atoms with Crippen molar-refractivity contribution in [2.24, 2.45) is 0 Å². The largest absolute Gasteiger partial charge is 0.368 e. The van der Waals surface area contributed by atoms with E-state index in [9.17, 15) is 0 Å². The smallest absolute Gasteiger partial charge is 0.129 e. The predicted molar refractivity (Wildman–Crippen MR) is 87.1 cm³/mol. The SMILES string of the molecule is Cc1nc(NCCn2ccnc2C)cc(C2CCNCC2)n1. The average Bonchev–Trinajstić information content (AvgIpc) is 2.93. The van der Waals surface area contributed by atoms with E-state index in [-0.39, 0.29) is 0 Å². The summed E-state index contributed by atoms with van der Waals surface area (Å²) in [5.41, 5.74) is 1.18. The van der Waals surface area contributed by atoms with Gasteiger partial charge in [0.2, 0.25) is 0 Å². The van der Waals surface area contributed by atoms with Crippen LogP contribution in [0.4, 0.5) is 5.82 Å². The topological polar surface area (TPSA) is 67.7 Å². The summed E-state index contributed by atoms with van der Waals surface area (Å²) in [5.74, 6) is 3.37. The van der Waals surface area contributed by atoms with Crippen molar-refractivity contribution in [1.29, 1.82) is 0 Å². The van der Waals surface area contributed by atoms with E-state index in [1.54, 1.807) is 0 Å². The predicted octanol–water partition coefficient (Wildman–Crippen LogP) is 1.87. The van der Waals surface area contributed by atoms with Gasteiger partial charge in [0.1, 0.15) is 17.5 Å². The Balaban J connectivity index is 1.63. The molecule has 0 bridgehead atoms. The van der Waals surface area contributed by atoms with E-state index in [1.165, 1.54) is 5.69 Å². The molecule has 0 unspecified atom stereocenters. The first-order valence-electron chi connectivity index (χ1n) is 8.00. The maximum absolute atomic E-state index is 4.64. The number of imidazole rings is 1. The van der Waals surface area contributed by atoms with Gasteiger partial charge >= 0.3 is 0 Å². The molecule has 0 aliphatic carbocycles. The van der Waals surface area contributed by atoms with Gasteiger partial charge in [-0.1, -0.05) is 0 Å². The lowest BCUT2D eigenvalue weighted by Gasteiger charge is -2.22. The fourth-order valence-corrected chi connectivity index (χ4v) is 2.95. The van der Waals surface area contributed by atoms with E-state index in [2.05, 4.69) is 36.2 Å². The van der Waals surface area contributed by atoms with Crippen molar-refractivity contribution in [1.82, 2.24) is 24.8 Å². The van der Waals surface area contributed by atoms with Crippen molar-refractivity contribution in [3.8, 4) is 0 Å². The molecule has 0 spiro atoms. The highest BCUT2D eigenvalue weighted by molar-refractivity contribution is 5.37. The number of aromatic nitrogens is 4. The number of aryl methyl sites for hydroxylation is 2. The zero-order valence-corrected chi connectivity index (χ0v) is 13.3. The van der Waals surface area contributed by atoms with Crippen molar-refractivity contribution in [2.45, 2.75) is 39.2 Å². The Morgan fingerprint density at radius 3 is 2.82 bits per heavy atom. The molecule has 6 nitrogen and oxygen atoms in total. The van der Waals surface area contributed by atoms with Gasteiger partial charge in [0, 0.05) is 43.2 Å². The standard InChI is InChI=1S/C16H24N6/c1-12-20-15(14-3-5-17-6-4-14)11-16(21-12)19-8-10-22-9-7-18-13(22)2/h7,9,11,14,17H,3-6,8,10H2,1-2H3,(H,19,20,21). The molecule has 3 heterocycles. The molecule has 0 radical (unpaired) electrons. The highest BCUT2D eigenvalue weighted by Crippen LogP contribution is 2.24. The summed E-state index contributed by atoms with van der Waals surface area (Å²) in [6.07, 6.45) is 6.15. The van der Waals surface area contributed by atoms with Crippen molar-refractivity contribution in [3.05, 3.63) is 35.8 Å². The maximum Gasteiger partial charge on any atom is 0.129 e. The molecule has 2 aromatic heterocycles. The summed E-state index contributed by atoms with van der Waals surface area (Å²) in [4.78, 5) is 13.4. The molecule has 3 rings (SSSR count). The second kappa shape index (κ2) is 6.87. The molecule has 1 fully saturated rings. The Hall–Kier alpha value is -1.95. The quantitative estimate of drug-likeness (QED) is 0.882. The van der Waals surface area contributed by atoms with E-state index in [0.29, 0.717) is 5.92 Å². The van der Waals surface area contributed by atoms with Crippen LogP contribution in [0.1, 0.15) is 36.1 Å². The highest BCUT2D eigenvalue weighted by atomic mass is 15.1. The number of nitrogens with zero attached hydrogens (tertiary/aromatic N) is 4. The number of anilines is 1. The molecule has 118 valence electrons. The van der Waals surface area contributed by atoms with Gasteiger partial charge in [0.05, 0.1) is 0 Å². The summed E-state index contributed by atoms with van der Waals surface area (Å²) in [7, 11) is 0. The Labute approximate surface area is 131 Å². The lowest BCUT2D eigenvalue weighted by molar-refractivity contribution is 0.452. The van der Waals surface area contributed by atoms with Crippen LogP contribution in [0.2, 0.25) is 0 Å². The minimum Gasteiger partial charge on any atom is -0.368 e. The first-order chi connectivity index (χ1) is 10.7. The molecule has 1 aliphatic heterocycles. The van der Waals surface area contributed by atoms with Crippen LogP contribution in [0.5, 0.6) is 0 Å². The molecule has 1 saturated heterocycles. The lowest BCUT2D eigenvalue weighted by Crippen LogP contribution is -2.27. The van der Waals surface area contributed by atoms with E-state index in [4.69, 9.17) is 0 Å². The molecule has 1 aliphatic rings. The van der Waals surface area contributed by atoms with E-state index in [0.717, 1.165) is 56.5 Å². The van der Waals surface area contributed by atoms with Crippen LogP contribution in [-0.4, -0.2) is 39.2 Å².